The van der Waals surface area contributed by atoms with Crippen molar-refractivity contribution >= 4 is 44.6 Å². The molecule has 120 valence electrons. The number of fused-ring (bicyclic) bond motifs is 2. The fraction of sp³-hybridized carbons (Fsp3) is 0. The van der Waals surface area contributed by atoms with Gasteiger partial charge in [-0.3, -0.25) is 0 Å². The highest BCUT2D eigenvalue weighted by atomic mass is 127. The first kappa shape index (κ1) is 14.7. The molecule has 0 aliphatic carbocycles. The molecule has 0 saturated carbocycles. The van der Waals surface area contributed by atoms with Crippen molar-refractivity contribution < 1.29 is 4.42 Å². The normalized spacial score (nSPS) is 11.4. The van der Waals surface area contributed by atoms with Gasteiger partial charge in [-0.05, 0) is 52.9 Å². The molecule has 25 heavy (non-hydrogen) atoms. The molecule has 0 spiro atoms. The maximum absolute atomic E-state index is 6.10. The fourth-order valence-corrected chi connectivity index (χ4v) is 3.92. The zero-order chi connectivity index (χ0) is 16.8. The summed E-state index contributed by atoms with van der Waals surface area (Å²) in [6, 6.07) is 24.5. The number of rotatable bonds is 2. The summed E-state index contributed by atoms with van der Waals surface area (Å²) in [6.45, 7) is 0. The molecule has 3 aromatic carbocycles. The van der Waals surface area contributed by atoms with Crippen LogP contribution >= 0.6 is 22.6 Å². The first-order valence-corrected chi connectivity index (χ1v) is 9.10. The van der Waals surface area contributed by atoms with E-state index in [1.807, 2.05) is 48.5 Å². The first-order chi connectivity index (χ1) is 12.3. The van der Waals surface area contributed by atoms with Crippen LogP contribution in [-0.2, 0) is 0 Å². The summed E-state index contributed by atoms with van der Waals surface area (Å²) in [5, 5.41) is 1.11. The molecule has 1 N–H and O–H groups in total. The van der Waals surface area contributed by atoms with Crippen LogP contribution in [0.3, 0.4) is 0 Å². The van der Waals surface area contributed by atoms with Gasteiger partial charge in [0.15, 0.2) is 0 Å². The van der Waals surface area contributed by atoms with Gasteiger partial charge in [0.25, 0.3) is 0 Å². The Balaban J connectivity index is 1.67. The predicted molar refractivity (Wildman–Crippen MR) is 109 cm³/mol. The lowest BCUT2D eigenvalue weighted by atomic mass is 10.1. The van der Waals surface area contributed by atoms with Gasteiger partial charge in [-0.15, -0.1) is 0 Å². The van der Waals surface area contributed by atoms with Crippen LogP contribution in [-0.4, -0.2) is 9.97 Å². The molecule has 0 bridgehead atoms. The molecule has 0 radical (unpaired) electrons. The van der Waals surface area contributed by atoms with Gasteiger partial charge in [0.05, 0.1) is 14.6 Å². The van der Waals surface area contributed by atoms with E-state index >= 15 is 0 Å². The summed E-state index contributed by atoms with van der Waals surface area (Å²) in [7, 11) is 0. The lowest BCUT2D eigenvalue weighted by Crippen LogP contribution is -1.80. The number of para-hydroxylation sites is 2. The summed E-state index contributed by atoms with van der Waals surface area (Å²) in [5.41, 5.74) is 5.06. The van der Waals surface area contributed by atoms with Gasteiger partial charge in [-0.2, -0.15) is 0 Å². The lowest BCUT2D eigenvalue weighted by Gasteiger charge is -1.97. The molecular weight excluding hydrogens is 423 g/mol. The summed E-state index contributed by atoms with van der Waals surface area (Å²) < 4.78 is 7.22. The van der Waals surface area contributed by atoms with E-state index < -0.39 is 0 Å². The van der Waals surface area contributed by atoms with Crippen LogP contribution in [0.15, 0.2) is 77.2 Å². The van der Waals surface area contributed by atoms with Gasteiger partial charge in [0.2, 0.25) is 0 Å². The molecule has 0 unspecified atom stereocenters. The average molecular weight is 436 g/mol. The highest BCUT2D eigenvalue weighted by Crippen LogP contribution is 2.36. The van der Waals surface area contributed by atoms with Crippen molar-refractivity contribution in [1.82, 2.24) is 9.97 Å². The molecule has 4 heteroatoms. The zero-order valence-corrected chi connectivity index (χ0v) is 15.3. The Bertz CT molecular complexity index is 1170. The summed E-state index contributed by atoms with van der Waals surface area (Å²) in [4.78, 5) is 8.09. The third kappa shape index (κ3) is 2.44. The van der Waals surface area contributed by atoms with Crippen LogP contribution in [0.2, 0.25) is 0 Å². The monoisotopic (exact) mass is 436 g/mol. The summed E-state index contributed by atoms with van der Waals surface area (Å²) in [5.74, 6) is 1.79. The molecule has 2 aromatic heterocycles. The summed E-state index contributed by atoms with van der Waals surface area (Å²) >= 11 is 2.36. The topological polar surface area (TPSA) is 41.8 Å². The highest BCUT2D eigenvalue weighted by molar-refractivity contribution is 14.1. The van der Waals surface area contributed by atoms with Crippen molar-refractivity contribution in [3.05, 3.63) is 76.4 Å². The number of halogens is 1. The molecule has 0 amide bonds. The molecule has 3 nitrogen and oxygen atoms in total. The summed E-state index contributed by atoms with van der Waals surface area (Å²) in [6.07, 6.45) is 0. The van der Waals surface area contributed by atoms with Crippen molar-refractivity contribution in [2.24, 2.45) is 0 Å². The number of nitrogens with zero attached hydrogens (tertiary/aromatic N) is 1. The van der Waals surface area contributed by atoms with E-state index in [0.29, 0.717) is 0 Å². The Morgan fingerprint density at radius 3 is 2.48 bits per heavy atom. The minimum Gasteiger partial charge on any atom is -0.455 e. The Morgan fingerprint density at radius 1 is 0.840 bits per heavy atom. The highest BCUT2D eigenvalue weighted by Gasteiger charge is 2.15. The van der Waals surface area contributed by atoms with Gasteiger partial charge in [0.1, 0.15) is 17.2 Å². The molecule has 0 atom stereocenters. The van der Waals surface area contributed by atoms with Gasteiger partial charge < -0.3 is 9.40 Å². The molecule has 2 heterocycles. The largest absolute Gasteiger partial charge is 0.455 e. The Kier molecular flexibility index (Phi) is 3.38. The number of hydrogen-bond acceptors (Lipinski definition) is 2. The minimum absolute atomic E-state index is 0.876. The van der Waals surface area contributed by atoms with E-state index in [1.165, 1.54) is 0 Å². The van der Waals surface area contributed by atoms with Gasteiger partial charge >= 0.3 is 0 Å². The van der Waals surface area contributed by atoms with E-state index in [2.05, 4.69) is 51.8 Å². The number of nitrogens with one attached hydrogen (secondary N) is 1. The average Bonchev–Trinajstić information content (AvgIpc) is 3.24. The van der Waals surface area contributed by atoms with E-state index in [4.69, 9.17) is 9.40 Å². The number of benzene rings is 3. The van der Waals surface area contributed by atoms with E-state index in [1.54, 1.807) is 0 Å². The van der Waals surface area contributed by atoms with Crippen molar-refractivity contribution in [1.29, 1.82) is 0 Å². The number of H-pyrrole nitrogens is 1. The number of imidazole rings is 1. The number of aromatic nitrogens is 2. The van der Waals surface area contributed by atoms with Gasteiger partial charge in [0, 0.05) is 16.5 Å². The lowest BCUT2D eigenvalue weighted by molar-refractivity contribution is 0.629. The van der Waals surface area contributed by atoms with E-state index in [9.17, 15) is 0 Å². The quantitative estimate of drug-likeness (QED) is 0.333. The van der Waals surface area contributed by atoms with E-state index in [0.717, 1.165) is 48.3 Å². The Morgan fingerprint density at radius 2 is 1.64 bits per heavy atom. The van der Waals surface area contributed by atoms with Crippen LogP contribution in [0.1, 0.15) is 0 Å². The van der Waals surface area contributed by atoms with Gasteiger partial charge in [-0.1, -0.05) is 42.5 Å². The van der Waals surface area contributed by atoms with Gasteiger partial charge in [-0.25, -0.2) is 4.98 Å². The number of hydrogen-bond donors (Lipinski definition) is 1. The number of furan rings is 1. The van der Waals surface area contributed by atoms with Crippen molar-refractivity contribution in [3.8, 4) is 22.7 Å². The molecule has 0 fully saturated rings. The number of aromatic amines is 1. The smallest absolute Gasteiger partial charge is 0.148 e. The van der Waals surface area contributed by atoms with Crippen LogP contribution < -0.4 is 0 Å². The third-order valence-electron chi connectivity index (χ3n) is 4.33. The first-order valence-electron chi connectivity index (χ1n) is 8.02. The molecular formula is C21H13IN2O. The van der Waals surface area contributed by atoms with Crippen LogP contribution in [0.5, 0.6) is 0 Å². The second-order valence-corrected chi connectivity index (χ2v) is 7.00. The fourth-order valence-electron chi connectivity index (χ4n) is 3.08. The second kappa shape index (κ2) is 5.74. The zero-order valence-electron chi connectivity index (χ0n) is 13.2. The Hall–Kier alpha value is -2.60. The van der Waals surface area contributed by atoms with Crippen molar-refractivity contribution in [2.45, 2.75) is 0 Å². The third-order valence-corrected chi connectivity index (χ3v) is 5.40. The van der Waals surface area contributed by atoms with Crippen molar-refractivity contribution in [2.75, 3.05) is 0 Å². The van der Waals surface area contributed by atoms with Crippen LogP contribution in [0, 0.1) is 3.57 Å². The standard InChI is InChI=1S/C21H13IN2O/c22-19-15-12-14(21-23-16-8-4-5-9-17(16)24-21)10-11-18(15)25-20(19)13-6-2-1-3-7-13/h1-12H,(H,23,24). The Labute approximate surface area is 157 Å². The van der Waals surface area contributed by atoms with E-state index in [-0.39, 0.29) is 0 Å². The molecule has 5 rings (SSSR count). The van der Waals surface area contributed by atoms with Crippen molar-refractivity contribution in [3.63, 3.8) is 0 Å². The maximum atomic E-state index is 6.10. The molecule has 0 saturated heterocycles. The molecule has 5 aromatic rings. The predicted octanol–water partition coefficient (Wildman–Crippen LogP) is 6.25. The van der Waals surface area contributed by atoms with Crippen LogP contribution in [0.25, 0.3) is 44.7 Å². The van der Waals surface area contributed by atoms with Crippen LogP contribution in [0.4, 0.5) is 0 Å². The maximum Gasteiger partial charge on any atom is 0.148 e. The molecule has 0 aliphatic rings. The SMILES string of the molecule is Ic1c(-c2ccccc2)oc2ccc(-c3nc4ccccc4[nH]3)cc12. The molecule has 0 aliphatic heterocycles. The minimum atomic E-state index is 0.876. The second-order valence-electron chi connectivity index (χ2n) is 5.92.